The van der Waals surface area contributed by atoms with E-state index in [-0.39, 0.29) is 0 Å². The van der Waals surface area contributed by atoms with E-state index in [1.807, 2.05) is 6.07 Å². The first-order chi connectivity index (χ1) is 13.9. The molecule has 0 aliphatic heterocycles. The van der Waals surface area contributed by atoms with E-state index in [2.05, 4.69) is 77.6 Å². The van der Waals surface area contributed by atoms with Gasteiger partial charge >= 0.3 is 0 Å². The molecule has 0 unspecified atom stereocenters. The molecule has 3 rings (SSSR count). The Morgan fingerprint density at radius 1 is 0.750 bits per heavy atom. The number of hydrogen-bond donors (Lipinski definition) is 1. The zero-order chi connectivity index (χ0) is 19.4. The highest BCUT2D eigenvalue weighted by Gasteiger charge is 2.11. The fraction of sp³-hybridized carbons (Fsp3) is 0.400. The molecule has 0 spiro atoms. The van der Waals surface area contributed by atoms with Crippen molar-refractivity contribution in [3.8, 4) is 22.5 Å². The van der Waals surface area contributed by atoms with E-state index in [1.165, 1.54) is 55.3 Å². The van der Waals surface area contributed by atoms with Crippen molar-refractivity contribution >= 4 is 0 Å². The van der Waals surface area contributed by atoms with Crippen LogP contribution < -0.4 is 5.32 Å². The number of hydrogen-bond acceptors (Lipinski definition) is 2. The van der Waals surface area contributed by atoms with E-state index in [0.29, 0.717) is 0 Å². The van der Waals surface area contributed by atoms with Gasteiger partial charge in [0.2, 0.25) is 0 Å². The Morgan fingerprint density at radius 3 is 2.11 bits per heavy atom. The predicted octanol–water partition coefficient (Wildman–Crippen LogP) is 6.17. The van der Waals surface area contributed by atoms with Gasteiger partial charge in [-0.3, -0.25) is 4.68 Å². The van der Waals surface area contributed by atoms with Crippen LogP contribution in [-0.2, 0) is 6.54 Å². The lowest BCUT2D eigenvalue weighted by molar-refractivity contribution is 0.532. The normalized spacial score (nSPS) is 11.0. The summed E-state index contributed by atoms with van der Waals surface area (Å²) < 4.78 is 2.14. The molecule has 28 heavy (non-hydrogen) atoms. The Balaban J connectivity index is 1.58. The molecule has 0 aliphatic rings. The van der Waals surface area contributed by atoms with E-state index in [0.717, 1.165) is 25.3 Å². The van der Waals surface area contributed by atoms with Crippen LogP contribution in [0.5, 0.6) is 0 Å². The van der Waals surface area contributed by atoms with Crippen LogP contribution in [0.25, 0.3) is 22.5 Å². The van der Waals surface area contributed by atoms with Crippen LogP contribution in [0, 0.1) is 0 Å². The molecule has 3 heteroatoms. The van der Waals surface area contributed by atoms with Gasteiger partial charge in [-0.25, -0.2) is 0 Å². The third-order valence-corrected chi connectivity index (χ3v) is 5.13. The molecule has 0 aliphatic carbocycles. The number of aromatic nitrogens is 2. The largest absolute Gasteiger partial charge is 0.315 e. The van der Waals surface area contributed by atoms with Crippen molar-refractivity contribution in [2.45, 2.75) is 52.0 Å². The van der Waals surface area contributed by atoms with Crippen LogP contribution in [0.15, 0.2) is 66.7 Å². The molecule has 0 fully saturated rings. The standard InChI is InChI=1S/C25H33N3/c1-2-3-4-5-6-13-18-26-19-20-28-25(23-16-11-8-12-17-23)21-24(27-28)22-14-9-7-10-15-22/h7-12,14-17,21,26H,2-6,13,18-20H2,1H3. The average Bonchev–Trinajstić information content (AvgIpc) is 3.18. The van der Waals surface area contributed by atoms with Crippen molar-refractivity contribution in [2.24, 2.45) is 0 Å². The summed E-state index contributed by atoms with van der Waals surface area (Å²) in [4.78, 5) is 0. The van der Waals surface area contributed by atoms with Crippen molar-refractivity contribution in [1.82, 2.24) is 15.1 Å². The summed E-state index contributed by atoms with van der Waals surface area (Å²) in [5, 5.41) is 8.49. The first kappa shape index (κ1) is 20.3. The highest BCUT2D eigenvalue weighted by Crippen LogP contribution is 2.25. The SMILES string of the molecule is CCCCCCCCNCCn1nc(-c2ccccc2)cc1-c1ccccc1. The van der Waals surface area contributed by atoms with Gasteiger partial charge in [-0.1, -0.05) is 99.7 Å². The van der Waals surface area contributed by atoms with Crippen LogP contribution in [0.3, 0.4) is 0 Å². The summed E-state index contributed by atoms with van der Waals surface area (Å²) in [6.07, 6.45) is 8.04. The van der Waals surface area contributed by atoms with Crippen molar-refractivity contribution in [3.63, 3.8) is 0 Å². The fourth-order valence-corrected chi connectivity index (χ4v) is 3.52. The summed E-state index contributed by atoms with van der Waals surface area (Å²) in [6, 6.07) is 23.2. The molecule has 1 N–H and O–H groups in total. The van der Waals surface area contributed by atoms with Crippen LogP contribution in [-0.4, -0.2) is 22.9 Å². The smallest absolute Gasteiger partial charge is 0.0929 e. The zero-order valence-corrected chi connectivity index (χ0v) is 17.1. The molecule has 0 bridgehead atoms. The second kappa shape index (κ2) is 11.5. The molecule has 3 nitrogen and oxygen atoms in total. The molecular weight excluding hydrogens is 342 g/mol. The van der Waals surface area contributed by atoms with Crippen molar-refractivity contribution in [2.75, 3.05) is 13.1 Å². The summed E-state index contributed by atoms with van der Waals surface area (Å²) >= 11 is 0. The van der Waals surface area contributed by atoms with Gasteiger partial charge < -0.3 is 5.32 Å². The predicted molar refractivity (Wildman–Crippen MR) is 119 cm³/mol. The van der Waals surface area contributed by atoms with Crippen molar-refractivity contribution < 1.29 is 0 Å². The minimum atomic E-state index is 0.882. The topological polar surface area (TPSA) is 29.9 Å². The van der Waals surface area contributed by atoms with Crippen LogP contribution in [0.4, 0.5) is 0 Å². The van der Waals surface area contributed by atoms with Crippen molar-refractivity contribution in [1.29, 1.82) is 0 Å². The summed E-state index contributed by atoms with van der Waals surface area (Å²) in [5.41, 5.74) is 4.60. The van der Waals surface area contributed by atoms with Gasteiger partial charge in [-0.15, -0.1) is 0 Å². The molecule has 1 aromatic heterocycles. The Morgan fingerprint density at radius 2 is 1.39 bits per heavy atom. The number of nitrogens with one attached hydrogen (secondary N) is 1. The molecule has 0 radical (unpaired) electrons. The van der Waals surface area contributed by atoms with Crippen molar-refractivity contribution in [3.05, 3.63) is 66.7 Å². The van der Waals surface area contributed by atoms with Gasteiger partial charge in [0.15, 0.2) is 0 Å². The molecule has 3 aromatic rings. The third-order valence-electron chi connectivity index (χ3n) is 5.13. The lowest BCUT2D eigenvalue weighted by atomic mass is 10.1. The second-order valence-corrected chi connectivity index (χ2v) is 7.39. The lowest BCUT2D eigenvalue weighted by Gasteiger charge is -2.09. The van der Waals surface area contributed by atoms with E-state index in [1.54, 1.807) is 0 Å². The molecule has 0 atom stereocenters. The highest BCUT2D eigenvalue weighted by molar-refractivity contribution is 5.68. The van der Waals surface area contributed by atoms with Gasteiger partial charge in [0.1, 0.15) is 0 Å². The Kier molecular flexibility index (Phi) is 8.32. The Hall–Kier alpha value is -2.39. The quantitative estimate of drug-likeness (QED) is 0.384. The Bertz CT molecular complexity index is 793. The second-order valence-electron chi connectivity index (χ2n) is 7.39. The maximum absolute atomic E-state index is 4.90. The van der Waals surface area contributed by atoms with Crippen LogP contribution >= 0.6 is 0 Å². The molecular formula is C25H33N3. The number of nitrogens with zero attached hydrogens (tertiary/aromatic N) is 2. The number of rotatable bonds is 12. The van der Waals surface area contributed by atoms with E-state index >= 15 is 0 Å². The summed E-state index contributed by atoms with van der Waals surface area (Å²) in [6.45, 7) is 5.20. The van der Waals surface area contributed by atoms with Crippen LogP contribution in [0.2, 0.25) is 0 Å². The Labute approximate surface area is 169 Å². The van der Waals surface area contributed by atoms with E-state index in [9.17, 15) is 0 Å². The van der Waals surface area contributed by atoms with Gasteiger partial charge in [0, 0.05) is 12.1 Å². The average molecular weight is 376 g/mol. The maximum Gasteiger partial charge on any atom is 0.0929 e. The molecule has 2 aromatic carbocycles. The zero-order valence-electron chi connectivity index (χ0n) is 17.1. The van der Waals surface area contributed by atoms with Gasteiger partial charge in [0.05, 0.1) is 17.9 Å². The minimum absolute atomic E-state index is 0.882. The highest BCUT2D eigenvalue weighted by atomic mass is 15.3. The summed E-state index contributed by atoms with van der Waals surface area (Å²) in [5.74, 6) is 0. The van der Waals surface area contributed by atoms with Gasteiger partial charge in [-0.2, -0.15) is 5.10 Å². The lowest BCUT2D eigenvalue weighted by Crippen LogP contribution is -2.22. The first-order valence-electron chi connectivity index (χ1n) is 10.8. The first-order valence-corrected chi connectivity index (χ1v) is 10.8. The summed E-state index contributed by atoms with van der Waals surface area (Å²) in [7, 11) is 0. The molecule has 1 heterocycles. The van der Waals surface area contributed by atoms with E-state index < -0.39 is 0 Å². The monoisotopic (exact) mass is 375 g/mol. The molecule has 148 valence electrons. The maximum atomic E-state index is 4.90. The van der Waals surface area contributed by atoms with Gasteiger partial charge in [-0.05, 0) is 24.6 Å². The van der Waals surface area contributed by atoms with Crippen LogP contribution in [0.1, 0.15) is 45.4 Å². The minimum Gasteiger partial charge on any atom is -0.315 e. The molecule has 0 saturated carbocycles. The fourth-order valence-electron chi connectivity index (χ4n) is 3.52. The number of benzene rings is 2. The molecule has 0 saturated heterocycles. The third kappa shape index (κ3) is 6.07. The molecule has 0 amide bonds. The van der Waals surface area contributed by atoms with Gasteiger partial charge in [0.25, 0.3) is 0 Å². The van der Waals surface area contributed by atoms with E-state index in [4.69, 9.17) is 5.10 Å². The number of unbranched alkanes of at least 4 members (excludes halogenated alkanes) is 5.